The molecule has 1 aromatic heterocycles. The van der Waals surface area contributed by atoms with Gasteiger partial charge in [0.15, 0.2) is 5.82 Å². The summed E-state index contributed by atoms with van der Waals surface area (Å²) in [4.78, 5) is 12.6. The van der Waals surface area contributed by atoms with Gasteiger partial charge in [-0.15, -0.1) is 5.10 Å². The second-order valence-electron chi connectivity index (χ2n) is 7.00. The molecule has 0 radical (unpaired) electrons. The zero-order valence-electron chi connectivity index (χ0n) is 15.1. The summed E-state index contributed by atoms with van der Waals surface area (Å²) in [5, 5.41) is 7.22. The number of halogens is 3. The van der Waals surface area contributed by atoms with E-state index in [1.807, 2.05) is 43.5 Å². The third-order valence-electron chi connectivity index (χ3n) is 4.93. The molecule has 1 N–H and O–H groups in total. The number of amides is 1. The Hall–Kier alpha value is -3.09. The van der Waals surface area contributed by atoms with Crippen LogP contribution in [0.25, 0.3) is 5.69 Å². The Kier molecular flexibility index (Phi) is 4.45. The predicted octanol–water partition coefficient (Wildman–Crippen LogP) is 4.94. The first-order valence-corrected chi connectivity index (χ1v) is 8.92. The molecule has 0 bridgehead atoms. The molecule has 0 aliphatic heterocycles. The predicted molar refractivity (Wildman–Crippen MR) is 99.2 cm³/mol. The van der Waals surface area contributed by atoms with Gasteiger partial charge in [-0.05, 0) is 43.0 Å². The fourth-order valence-electron chi connectivity index (χ4n) is 3.30. The number of nitrogens with one attached hydrogen (secondary N) is 1. The number of hydrogen-bond acceptors (Lipinski definition) is 2. The first kappa shape index (κ1) is 18.3. The topological polar surface area (TPSA) is 46.9 Å². The van der Waals surface area contributed by atoms with Gasteiger partial charge in [-0.3, -0.25) is 4.79 Å². The van der Waals surface area contributed by atoms with E-state index in [0.717, 1.165) is 23.4 Å². The van der Waals surface area contributed by atoms with Crippen LogP contribution < -0.4 is 5.32 Å². The summed E-state index contributed by atoms with van der Waals surface area (Å²) in [6.45, 7) is 1.85. The van der Waals surface area contributed by atoms with Crippen LogP contribution in [0.5, 0.6) is 0 Å². The largest absolute Gasteiger partial charge is 0.416 e. The van der Waals surface area contributed by atoms with Gasteiger partial charge >= 0.3 is 6.18 Å². The first-order chi connectivity index (χ1) is 13.3. The van der Waals surface area contributed by atoms with Gasteiger partial charge in [0.25, 0.3) is 0 Å². The van der Waals surface area contributed by atoms with Crippen molar-refractivity contribution in [2.45, 2.75) is 25.4 Å². The van der Waals surface area contributed by atoms with Crippen LogP contribution in [0.4, 0.5) is 19.0 Å². The number of alkyl halides is 3. The van der Waals surface area contributed by atoms with E-state index in [0.29, 0.717) is 17.8 Å². The SMILES string of the molecule is Cc1cn(-c2ccccc2)nc1NC(=O)C1CC1c1cccc(C(F)(F)F)c1. The minimum Gasteiger partial charge on any atom is -0.309 e. The van der Waals surface area contributed by atoms with Gasteiger partial charge in [-0.25, -0.2) is 4.68 Å². The van der Waals surface area contributed by atoms with E-state index in [1.54, 1.807) is 10.7 Å². The molecule has 2 aromatic carbocycles. The van der Waals surface area contributed by atoms with Crippen molar-refractivity contribution >= 4 is 11.7 Å². The van der Waals surface area contributed by atoms with Crippen LogP contribution in [0.1, 0.15) is 29.0 Å². The van der Waals surface area contributed by atoms with Crippen LogP contribution in [0, 0.1) is 12.8 Å². The molecule has 3 aromatic rings. The second-order valence-corrected chi connectivity index (χ2v) is 7.00. The molecule has 28 heavy (non-hydrogen) atoms. The van der Waals surface area contributed by atoms with Crippen molar-refractivity contribution in [2.75, 3.05) is 5.32 Å². The lowest BCUT2D eigenvalue weighted by Gasteiger charge is -2.08. The average molecular weight is 385 g/mol. The van der Waals surface area contributed by atoms with E-state index in [-0.39, 0.29) is 17.7 Å². The van der Waals surface area contributed by atoms with Crippen molar-refractivity contribution in [2.24, 2.45) is 5.92 Å². The maximum Gasteiger partial charge on any atom is 0.416 e. The zero-order valence-corrected chi connectivity index (χ0v) is 15.1. The van der Waals surface area contributed by atoms with Crippen molar-refractivity contribution in [3.05, 3.63) is 77.5 Å². The monoisotopic (exact) mass is 385 g/mol. The number of anilines is 1. The van der Waals surface area contributed by atoms with E-state index in [9.17, 15) is 18.0 Å². The Balaban J connectivity index is 1.46. The Morgan fingerprint density at radius 3 is 2.61 bits per heavy atom. The fraction of sp³-hybridized carbons (Fsp3) is 0.238. The summed E-state index contributed by atoms with van der Waals surface area (Å²) < 4.78 is 40.4. The number of nitrogens with zero attached hydrogens (tertiary/aromatic N) is 2. The molecule has 0 spiro atoms. The van der Waals surface area contributed by atoms with Gasteiger partial charge in [0.05, 0.1) is 11.3 Å². The van der Waals surface area contributed by atoms with Crippen molar-refractivity contribution < 1.29 is 18.0 Å². The van der Waals surface area contributed by atoms with Crippen LogP contribution in [0.2, 0.25) is 0 Å². The highest BCUT2D eigenvalue weighted by Crippen LogP contribution is 2.48. The number of carbonyl (C=O) groups is 1. The summed E-state index contributed by atoms with van der Waals surface area (Å²) in [6, 6.07) is 14.7. The number of para-hydroxylation sites is 1. The highest BCUT2D eigenvalue weighted by molar-refractivity contribution is 5.95. The van der Waals surface area contributed by atoms with Gasteiger partial charge < -0.3 is 5.32 Å². The Bertz CT molecular complexity index is 1010. The summed E-state index contributed by atoms with van der Waals surface area (Å²) in [6.07, 6.45) is -2.03. The second kappa shape index (κ2) is 6.82. The number of rotatable bonds is 4. The molecule has 7 heteroatoms. The fourth-order valence-corrected chi connectivity index (χ4v) is 3.30. The number of hydrogen-bond donors (Lipinski definition) is 1. The molecular formula is C21H18F3N3O. The molecule has 1 heterocycles. The van der Waals surface area contributed by atoms with Crippen LogP contribution in [-0.2, 0) is 11.0 Å². The average Bonchev–Trinajstić information content (AvgIpc) is 3.40. The van der Waals surface area contributed by atoms with Gasteiger partial charge in [0, 0.05) is 17.7 Å². The number of benzene rings is 2. The molecular weight excluding hydrogens is 367 g/mol. The Morgan fingerprint density at radius 2 is 1.89 bits per heavy atom. The molecule has 4 nitrogen and oxygen atoms in total. The highest BCUT2D eigenvalue weighted by Gasteiger charge is 2.45. The molecule has 0 saturated heterocycles. The van der Waals surface area contributed by atoms with E-state index in [4.69, 9.17) is 0 Å². The van der Waals surface area contributed by atoms with Crippen molar-refractivity contribution in [3.8, 4) is 5.69 Å². The van der Waals surface area contributed by atoms with E-state index >= 15 is 0 Å². The molecule has 4 rings (SSSR count). The molecule has 1 fully saturated rings. The van der Waals surface area contributed by atoms with Crippen molar-refractivity contribution in [1.29, 1.82) is 0 Å². The van der Waals surface area contributed by atoms with Crippen molar-refractivity contribution in [3.63, 3.8) is 0 Å². The lowest BCUT2D eigenvalue weighted by molar-refractivity contribution is -0.137. The maximum atomic E-state index is 12.9. The first-order valence-electron chi connectivity index (χ1n) is 8.92. The third-order valence-corrected chi connectivity index (χ3v) is 4.93. The van der Waals surface area contributed by atoms with Gasteiger partial charge in [0.1, 0.15) is 0 Å². The van der Waals surface area contributed by atoms with Gasteiger partial charge in [0.2, 0.25) is 5.91 Å². The lowest BCUT2D eigenvalue weighted by Crippen LogP contribution is -2.16. The lowest BCUT2D eigenvalue weighted by atomic mass is 10.1. The van der Waals surface area contributed by atoms with E-state index in [1.165, 1.54) is 6.07 Å². The standard InChI is InChI=1S/C21H18F3N3O/c1-13-12-27(16-8-3-2-4-9-16)26-19(13)25-20(28)18-11-17(18)14-6-5-7-15(10-14)21(22,23)24/h2-10,12,17-18H,11H2,1H3,(H,25,26,28). The molecule has 1 aliphatic carbocycles. The minimum absolute atomic E-state index is 0.196. The quantitative estimate of drug-likeness (QED) is 0.691. The maximum absolute atomic E-state index is 12.9. The number of carbonyl (C=O) groups excluding carboxylic acids is 1. The molecule has 2 atom stereocenters. The smallest absolute Gasteiger partial charge is 0.309 e. The Labute approximate surface area is 160 Å². The van der Waals surface area contributed by atoms with Crippen LogP contribution in [0.15, 0.2) is 60.8 Å². The van der Waals surface area contributed by atoms with Crippen LogP contribution in [-0.4, -0.2) is 15.7 Å². The normalized spacial score (nSPS) is 18.7. The zero-order chi connectivity index (χ0) is 19.9. The molecule has 1 saturated carbocycles. The molecule has 144 valence electrons. The van der Waals surface area contributed by atoms with Crippen molar-refractivity contribution in [1.82, 2.24) is 9.78 Å². The molecule has 1 aliphatic rings. The summed E-state index contributed by atoms with van der Waals surface area (Å²) in [5.41, 5.74) is 1.54. The van der Waals surface area contributed by atoms with E-state index in [2.05, 4.69) is 10.4 Å². The number of aromatic nitrogens is 2. The van der Waals surface area contributed by atoms with Gasteiger partial charge in [-0.1, -0.05) is 36.4 Å². The summed E-state index contributed by atoms with van der Waals surface area (Å²) in [5.74, 6) is -0.295. The van der Waals surface area contributed by atoms with Crippen LogP contribution >= 0.6 is 0 Å². The van der Waals surface area contributed by atoms with Gasteiger partial charge in [-0.2, -0.15) is 13.2 Å². The molecule has 2 unspecified atom stereocenters. The Morgan fingerprint density at radius 1 is 1.14 bits per heavy atom. The third kappa shape index (κ3) is 3.65. The summed E-state index contributed by atoms with van der Waals surface area (Å²) >= 11 is 0. The molecule has 1 amide bonds. The number of aryl methyl sites for hydroxylation is 1. The highest BCUT2D eigenvalue weighted by atomic mass is 19.4. The summed E-state index contributed by atoms with van der Waals surface area (Å²) in [7, 11) is 0. The van der Waals surface area contributed by atoms with E-state index < -0.39 is 11.7 Å². The van der Waals surface area contributed by atoms with Crippen LogP contribution in [0.3, 0.4) is 0 Å². The minimum atomic E-state index is -4.38.